The zero-order valence-corrected chi connectivity index (χ0v) is 16.1. The molecule has 134 valence electrons. The molecule has 0 aliphatic carbocycles. The maximum atomic E-state index is 12.4. The first-order chi connectivity index (χ1) is 12.4. The van der Waals surface area contributed by atoms with E-state index in [2.05, 4.69) is 5.32 Å². The summed E-state index contributed by atoms with van der Waals surface area (Å²) in [5.74, 6) is 0.392. The molecule has 1 unspecified atom stereocenters. The SMILES string of the molecule is Cc1c(Cl)cccc1NC(=O)c1ccc(CS(=O)c2ccc(Cl)cc2)o1. The van der Waals surface area contributed by atoms with Crippen molar-refractivity contribution in [3.05, 3.63) is 81.7 Å². The van der Waals surface area contributed by atoms with Gasteiger partial charge in [0.25, 0.3) is 5.91 Å². The summed E-state index contributed by atoms with van der Waals surface area (Å²) in [6.07, 6.45) is 0. The van der Waals surface area contributed by atoms with Gasteiger partial charge in [0.2, 0.25) is 0 Å². The van der Waals surface area contributed by atoms with Gasteiger partial charge in [-0.05, 0) is 61.0 Å². The van der Waals surface area contributed by atoms with Crippen LogP contribution in [0.2, 0.25) is 10.0 Å². The van der Waals surface area contributed by atoms with Crippen molar-refractivity contribution >= 4 is 45.6 Å². The number of amides is 1. The number of nitrogens with one attached hydrogen (secondary N) is 1. The molecule has 3 rings (SSSR count). The minimum absolute atomic E-state index is 0.146. The highest BCUT2D eigenvalue weighted by Gasteiger charge is 2.15. The second kappa shape index (κ2) is 8.08. The second-order valence-corrected chi connectivity index (χ2v) is 7.87. The van der Waals surface area contributed by atoms with Gasteiger partial charge in [-0.15, -0.1) is 0 Å². The summed E-state index contributed by atoms with van der Waals surface area (Å²) < 4.78 is 17.9. The van der Waals surface area contributed by atoms with E-state index in [4.69, 9.17) is 27.6 Å². The normalized spacial score (nSPS) is 12.0. The Balaban J connectivity index is 1.69. The first kappa shape index (κ1) is 18.7. The van der Waals surface area contributed by atoms with Crippen LogP contribution in [0.3, 0.4) is 0 Å². The Bertz CT molecular complexity index is 967. The molecular formula is C19H15Cl2NO3S. The van der Waals surface area contributed by atoms with Gasteiger partial charge in [0.15, 0.2) is 5.76 Å². The maximum absolute atomic E-state index is 12.4. The predicted molar refractivity (Wildman–Crippen MR) is 104 cm³/mol. The minimum atomic E-state index is -1.29. The number of hydrogen-bond donors (Lipinski definition) is 1. The molecule has 0 saturated heterocycles. The Kier molecular flexibility index (Phi) is 5.81. The summed E-state index contributed by atoms with van der Waals surface area (Å²) in [6.45, 7) is 1.82. The number of halogens is 2. The number of benzene rings is 2. The summed E-state index contributed by atoms with van der Waals surface area (Å²) in [4.78, 5) is 13.0. The molecule has 1 N–H and O–H groups in total. The molecule has 1 atom stereocenters. The third kappa shape index (κ3) is 4.36. The van der Waals surface area contributed by atoms with E-state index in [-0.39, 0.29) is 17.4 Å². The number of carbonyl (C=O) groups is 1. The molecule has 1 aromatic heterocycles. The van der Waals surface area contributed by atoms with Crippen LogP contribution in [0.25, 0.3) is 0 Å². The van der Waals surface area contributed by atoms with Gasteiger partial charge in [0.05, 0.1) is 16.6 Å². The molecular weight excluding hydrogens is 393 g/mol. The standard InChI is InChI=1S/C19H15Cl2NO3S/c1-12-16(21)3-2-4-17(12)22-19(23)18-10-7-14(25-18)11-26(24)15-8-5-13(20)6-9-15/h2-10H,11H2,1H3,(H,22,23). The van der Waals surface area contributed by atoms with Crippen LogP contribution in [0.4, 0.5) is 5.69 Å². The highest BCUT2D eigenvalue weighted by molar-refractivity contribution is 7.84. The van der Waals surface area contributed by atoms with Crippen LogP contribution in [-0.2, 0) is 16.6 Å². The fourth-order valence-electron chi connectivity index (χ4n) is 2.30. The first-order valence-corrected chi connectivity index (χ1v) is 9.80. The summed E-state index contributed by atoms with van der Waals surface area (Å²) in [5.41, 5.74) is 1.39. The van der Waals surface area contributed by atoms with Crippen LogP contribution in [0.1, 0.15) is 21.9 Å². The van der Waals surface area contributed by atoms with Crippen LogP contribution in [-0.4, -0.2) is 10.1 Å². The molecule has 0 spiro atoms. The van der Waals surface area contributed by atoms with Crippen molar-refractivity contribution in [3.63, 3.8) is 0 Å². The lowest BCUT2D eigenvalue weighted by atomic mass is 10.2. The van der Waals surface area contributed by atoms with Crippen LogP contribution in [0.5, 0.6) is 0 Å². The van der Waals surface area contributed by atoms with Gasteiger partial charge < -0.3 is 9.73 Å². The number of carbonyl (C=O) groups excluding carboxylic acids is 1. The largest absolute Gasteiger partial charge is 0.455 e. The van der Waals surface area contributed by atoms with Gasteiger partial charge in [-0.2, -0.15) is 0 Å². The van der Waals surface area contributed by atoms with Crippen LogP contribution < -0.4 is 5.32 Å². The highest BCUT2D eigenvalue weighted by Crippen LogP contribution is 2.24. The Morgan fingerprint density at radius 3 is 2.54 bits per heavy atom. The first-order valence-electron chi connectivity index (χ1n) is 7.73. The Labute approximate surface area is 163 Å². The number of furan rings is 1. The van der Waals surface area contributed by atoms with Crippen molar-refractivity contribution in [2.45, 2.75) is 17.6 Å². The molecule has 0 radical (unpaired) electrons. The van der Waals surface area contributed by atoms with Crippen LogP contribution in [0.15, 0.2) is 63.9 Å². The van der Waals surface area contributed by atoms with Crippen molar-refractivity contribution in [2.75, 3.05) is 5.32 Å². The van der Waals surface area contributed by atoms with Gasteiger partial charge in [-0.3, -0.25) is 9.00 Å². The van der Waals surface area contributed by atoms with Gasteiger partial charge >= 0.3 is 0 Å². The lowest BCUT2D eigenvalue weighted by molar-refractivity contribution is 0.0995. The van der Waals surface area contributed by atoms with E-state index in [0.717, 1.165) is 5.56 Å². The van der Waals surface area contributed by atoms with E-state index >= 15 is 0 Å². The Hall–Kier alpha value is -2.08. The smallest absolute Gasteiger partial charge is 0.291 e. The number of rotatable bonds is 5. The van der Waals surface area contributed by atoms with Gasteiger partial charge in [0.1, 0.15) is 5.76 Å². The van der Waals surface area contributed by atoms with E-state index in [1.807, 2.05) is 6.92 Å². The number of hydrogen-bond acceptors (Lipinski definition) is 3. The Morgan fingerprint density at radius 1 is 1.08 bits per heavy atom. The molecule has 0 saturated carbocycles. The molecule has 1 amide bonds. The lowest BCUT2D eigenvalue weighted by Gasteiger charge is -2.08. The Morgan fingerprint density at radius 2 is 1.81 bits per heavy atom. The monoisotopic (exact) mass is 407 g/mol. The van der Waals surface area contributed by atoms with E-state index in [9.17, 15) is 9.00 Å². The predicted octanol–water partition coefficient (Wildman–Crippen LogP) is 5.45. The summed E-state index contributed by atoms with van der Waals surface area (Å²) in [6, 6.07) is 15.3. The summed E-state index contributed by atoms with van der Waals surface area (Å²) >= 11 is 11.9. The fourth-order valence-corrected chi connectivity index (χ4v) is 3.62. The van der Waals surface area contributed by atoms with Crippen molar-refractivity contribution in [2.24, 2.45) is 0 Å². The topological polar surface area (TPSA) is 59.3 Å². The molecule has 26 heavy (non-hydrogen) atoms. The van der Waals surface area contributed by atoms with Gasteiger partial charge in [-0.1, -0.05) is 29.3 Å². The zero-order chi connectivity index (χ0) is 18.7. The highest BCUT2D eigenvalue weighted by atomic mass is 35.5. The fraction of sp³-hybridized carbons (Fsp3) is 0.105. The van der Waals surface area contributed by atoms with Gasteiger partial charge in [0, 0.05) is 20.6 Å². The minimum Gasteiger partial charge on any atom is -0.455 e. The molecule has 3 aromatic rings. The zero-order valence-electron chi connectivity index (χ0n) is 13.8. The molecule has 1 heterocycles. The van der Waals surface area contributed by atoms with E-state index in [0.29, 0.717) is 26.4 Å². The van der Waals surface area contributed by atoms with Crippen molar-refractivity contribution < 1.29 is 13.4 Å². The summed E-state index contributed by atoms with van der Waals surface area (Å²) in [5, 5.41) is 3.92. The maximum Gasteiger partial charge on any atom is 0.291 e. The van der Waals surface area contributed by atoms with Crippen molar-refractivity contribution in [1.29, 1.82) is 0 Å². The third-order valence-corrected chi connectivity index (χ3v) is 5.76. The summed E-state index contributed by atoms with van der Waals surface area (Å²) in [7, 11) is -1.29. The molecule has 0 aliphatic heterocycles. The van der Waals surface area contributed by atoms with Gasteiger partial charge in [-0.25, -0.2) is 0 Å². The molecule has 4 nitrogen and oxygen atoms in total. The van der Waals surface area contributed by atoms with E-state index < -0.39 is 10.8 Å². The quantitative estimate of drug-likeness (QED) is 0.610. The molecule has 0 bridgehead atoms. The van der Waals surface area contributed by atoms with Crippen LogP contribution >= 0.6 is 23.2 Å². The molecule has 0 aliphatic rings. The molecule has 7 heteroatoms. The average molecular weight is 408 g/mol. The van der Waals surface area contributed by atoms with Crippen LogP contribution in [0, 0.1) is 6.92 Å². The molecule has 2 aromatic carbocycles. The third-order valence-electron chi connectivity index (χ3n) is 3.75. The average Bonchev–Trinajstić information content (AvgIpc) is 3.08. The molecule has 0 fully saturated rings. The van der Waals surface area contributed by atoms with E-state index in [1.54, 1.807) is 54.6 Å². The van der Waals surface area contributed by atoms with E-state index in [1.165, 1.54) is 0 Å². The second-order valence-electron chi connectivity index (χ2n) is 5.58. The van der Waals surface area contributed by atoms with Crippen molar-refractivity contribution in [1.82, 2.24) is 0 Å². The van der Waals surface area contributed by atoms with Crippen molar-refractivity contribution in [3.8, 4) is 0 Å². The lowest BCUT2D eigenvalue weighted by Crippen LogP contribution is -2.11. The number of anilines is 1.